The molecule has 0 aliphatic heterocycles. The predicted octanol–water partition coefficient (Wildman–Crippen LogP) is 2.87. The van der Waals surface area contributed by atoms with Gasteiger partial charge >= 0.3 is 5.97 Å². The normalized spacial score (nSPS) is 11.7. The molecule has 0 aliphatic carbocycles. The van der Waals surface area contributed by atoms with Gasteiger partial charge in [-0.15, -0.1) is 0 Å². The number of carbonyl (C=O) groups is 2. The first kappa shape index (κ1) is 15.8. The molecule has 0 unspecified atom stereocenters. The molecule has 0 saturated carbocycles. The van der Waals surface area contributed by atoms with Crippen molar-refractivity contribution >= 4 is 11.9 Å². The van der Waals surface area contributed by atoms with Gasteiger partial charge in [-0.1, -0.05) is 54.6 Å². The zero-order valence-electron chi connectivity index (χ0n) is 12.5. The van der Waals surface area contributed by atoms with E-state index in [1.807, 2.05) is 61.5 Å². The van der Waals surface area contributed by atoms with Gasteiger partial charge in [-0.25, -0.2) is 0 Å². The van der Waals surface area contributed by atoms with E-state index in [1.54, 1.807) is 0 Å². The van der Waals surface area contributed by atoms with Gasteiger partial charge in [0, 0.05) is 0 Å². The highest BCUT2D eigenvalue weighted by atomic mass is 16.4. The van der Waals surface area contributed by atoms with Crippen molar-refractivity contribution in [2.45, 2.75) is 25.8 Å². The molecule has 0 heterocycles. The van der Waals surface area contributed by atoms with Crippen molar-refractivity contribution in [2.24, 2.45) is 0 Å². The quantitative estimate of drug-likeness (QED) is 0.861. The Morgan fingerprint density at radius 1 is 1.05 bits per heavy atom. The summed E-state index contributed by atoms with van der Waals surface area (Å²) in [7, 11) is 0. The molecule has 0 radical (unpaired) electrons. The van der Waals surface area contributed by atoms with E-state index in [-0.39, 0.29) is 18.7 Å². The van der Waals surface area contributed by atoms with Gasteiger partial charge in [-0.2, -0.15) is 0 Å². The highest BCUT2D eigenvalue weighted by Gasteiger charge is 2.18. The minimum atomic E-state index is -0.940. The summed E-state index contributed by atoms with van der Waals surface area (Å²) >= 11 is 0. The maximum absolute atomic E-state index is 12.2. The van der Waals surface area contributed by atoms with Crippen LogP contribution in [0.1, 0.15) is 29.2 Å². The summed E-state index contributed by atoms with van der Waals surface area (Å²) in [5.74, 6) is -1.12. The van der Waals surface area contributed by atoms with E-state index in [2.05, 4.69) is 5.32 Å². The second kappa shape index (κ2) is 7.41. The zero-order chi connectivity index (χ0) is 15.9. The van der Waals surface area contributed by atoms with Gasteiger partial charge in [0.05, 0.1) is 18.9 Å². The predicted molar refractivity (Wildman–Crippen MR) is 84.5 cm³/mol. The number of hydrogen-bond acceptors (Lipinski definition) is 2. The van der Waals surface area contributed by atoms with Crippen LogP contribution in [0.2, 0.25) is 0 Å². The number of carboxylic acid groups (broad SMARTS) is 1. The van der Waals surface area contributed by atoms with E-state index in [1.165, 1.54) is 0 Å². The van der Waals surface area contributed by atoms with Crippen molar-refractivity contribution < 1.29 is 14.7 Å². The summed E-state index contributed by atoms with van der Waals surface area (Å²) < 4.78 is 0. The fraction of sp³-hybridized carbons (Fsp3) is 0.222. The maximum atomic E-state index is 12.2. The van der Waals surface area contributed by atoms with Gasteiger partial charge < -0.3 is 10.4 Å². The zero-order valence-corrected chi connectivity index (χ0v) is 12.5. The molecule has 0 saturated heterocycles. The van der Waals surface area contributed by atoms with E-state index in [0.29, 0.717) is 0 Å². The average molecular weight is 297 g/mol. The SMILES string of the molecule is Cc1ccccc1CC(=O)N[C@@H](CC(=O)O)c1ccccc1. The molecule has 2 aromatic rings. The Hall–Kier alpha value is -2.62. The molecular formula is C18H19NO3. The molecule has 1 atom stereocenters. The Kier molecular flexibility index (Phi) is 5.31. The minimum Gasteiger partial charge on any atom is -0.481 e. The standard InChI is InChI=1S/C18H19NO3/c1-13-7-5-6-10-15(13)11-17(20)19-16(12-18(21)22)14-8-3-2-4-9-14/h2-10,16H,11-12H2,1H3,(H,19,20)(H,21,22)/t16-/m0/s1. The number of carboxylic acids is 1. The van der Waals surface area contributed by atoms with Crippen LogP contribution in [0.3, 0.4) is 0 Å². The van der Waals surface area contributed by atoms with Crippen LogP contribution in [0.25, 0.3) is 0 Å². The van der Waals surface area contributed by atoms with Crippen LogP contribution in [-0.4, -0.2) is 17.0 Å². The molecule has 0 aliphatic rings. The molecule has 4 heteroatoms. The third kappa shape index (κ3) is 4.45. The largest absolute Gasteiger partial charge is 0.481 e. The van der Waals surface area contributed by atoms with Crippen molar-refractivity contribution in [3.05, 3.63) is 71.3 Å². The summed E-state index contributed by atoms with van der Waals surface area (Å²) in [6, 6.07) is 16.3. The molecule has 0 aromatic heterocycles. The molecule has 2 rings (SSSR count). The van der Waals surface area contributed by atoms with E-state index in [9.17, 15) is 9.59 Å². The van der Waals surface area contributed by atoms with E-state index in [0.717, 1.165) is 16.7 Å². The lowest BCUT2D eigenvalue weighted by Crippen LogP contribution is -2.31. The first-order valence-corrected chi connectivity index (χ1v) is 7.17. The Morgan fingerprint density at radius 3 is 2.32 bits per heavy atom. The fourth-order valence-electron chi connectivity index (χ4n) is 2.34. The molecule has 0 spiro atoms. The Balaban J connectivity index is 2.08. The van der Waals surface area contributed by atoms with Crippen molar-refractivity contribution in [3.8, 4) is 0 Å². The molecular weight excluding hydrogens is 278 g/mol. The van der Waals surface area contributed by atoms with E-state index < -0.39 is 12.0 Å². The van der Waals surface area contributed by atoms with E-state index in [4.69, 9.17) is 5.11 Å². The molecule has 22 heavy (non-hydrogen) atoms. The highest BCUT2D eigenvalue weighted by Crippen LogP contribution is 2.17. The first-order valence-electron chi connectivity index (χ1n) is 7.17. The number of aliphatic carboxylic acids is 1. The molecule has 2 N–H and O–H groups in total. The number of rotatable bonds is 6. The van der Waals surface area contributed by atoms with Gasteiger partial charge in [-0.3, -0.25) is 9.59 Å². The highest BCUT2D eigenvalue weighted by molar-refractivity contribution is 5.80. The molecule has 0 fully saturated rings. The van der Waals surface area contributed by atoms with Gasteiger partial charge in [-0.05, 0) is 23.6 Å². The number of amides is 1. The summed E-state index contributed by atoms with van der Waals surface area (Å²) in [5.41, 5.74) is 2.79. The van der Waals surface area contributed by atoms with E-state index >= 15 is 0 Å². The van der Waals surface area contributed by atoms with Gasteiger partial charge in [0.2, 0.25) is 5.91 Å². The van der Waals surface area contributed by atoms with Crippen LogP contribution >= 0.6 is 0 Å². The third-order valence-corrected chi connectivity index (χ3v) is 3.53. The van der Waals surface area contributed by atoms with Crippen molar-refractivity contribution in [1.82, 2.24) is 5.32 Å². The Labute approximate surface area is 129 Å². The lowest BCUT2D eigenvalue weighted by molar-refractivity contribution is -0.137. The van der Waals surface area contributed by atoms with Crippen molar-refractivity contribution in [1.29, 1.82) is 0 Å². The second-order valence-electron chi connectivity index (χ2n) is 5.23. The van der Waals surface area contributed by atoms with Crippen LogP contribution in [-0.2, 0) is 16.0 Å². The number of carbonyl (C=O) groups excluding carboxylic acids is 1. The Morgan fingerprint density at radius 2 is 1.68 bits per heavy atom. The van der Waals surface area contributed by atoms with Gasteiger partial charge in [0.15, 0.2) is 0 Å². The summed E-state index contributed by atoms with van der Waals surface area (Å²) in [5, 5.41) is 11.9. The summed E-state index contributed by atoms with van der Waals surface area (Å²) in [6.07, 6.45) is 0.110. The van der Waals surface area contributed by atoms with Crippen LogP contribution in [0.15, 0.2) is 54.6 Å². The first-order chi connectivity index (χ1) is 10.6. The van der Waals surface area contributed by atoms with Crippen LogP contribution < -0.4 is 5.32 Å². The molecule has 0 bridgehead atoms. The van der Waals surface area contributed by atoms with Gasteiger partial charge in [0.1, 0.15) is 0 Å². The number of aryl methyl sites for hydroxylation is 1. The molecule has 1 amide bonds. The average Bonchev–Trinajstić information content (AvgIpc) is 2.49. The Bertz CT molecular complexity index is 652. The minimum absolute atomic E-state index is 0.135. The number of nitrogens with one attached hydrogen (secondary N) is 1. The lowest BCUT2D eigenvalue weighted by Gasteiger charge is -2.18. The molecule has 4 nitrogen and oxygen atoms in total. The van der Waals surface area contributed by atoms with Crippen LogP contribution in [0.4, 0.5) is 0 Å². The lowest BCUT2D eigenvalue weighted by atomic mass is 10.0. The third-order valence-electron chi connectivity index (χ3n) is 3.53. The maximum Gasteiger partial charge on any atom is 0.305 e. The monoisotopic (exact) mass is 297 g/mol. The second-order valence-corrected chi connectivity index (χ2v) is 5.23. The van der Waals surface area contributed by atoms with Crippen LogP contribution in [0, 0.1) is 6.92 Å². The fourth-order valence-corrected chi connectivity index (χ4v) is 2.34. The van der Waals surface area contributed by atoms with Crippen LogP contribution in [0.5, 0.6) is 0 Å². The smallest absolute Gasteiger partial charge is 0.305 e. The number of benzene rings is 2. The molecule has 2 aromatic carbocycles. The number of hydrogen-bond donors (Lipinski definition) is 2. The van der Waals surface area contributed by atoms with Gasteiger partial charge in [0.25, 0.3) is 0 Å². The summed E-state index contributed by atoms with van der Waals surface area (Å²) in [6.45, 7) is 1.95. The van der Waals surface area contributed by atoms with Crippen molar-refractivity contribution in [2.75, 3.05) is 0 Å². The molecule has 114 valence electrons. The topological polar surface area (TPSA) is 66.4 Å². The van der Waals surface area contributed by atoms with Crippen molar-refractivity contribution in [3.63, 3.8) is 0 Å². The summed E-state index contributed by atoms with van der Waals surface area (Å²) in [4.78, 5) is 23.3.